The first-order valence-electron chi connectivity index (χ1n) is 11.6. The molecular formula is C24H32N6O2S. The van der Waals surface area contributed by atoms with Gasteiger partial charge in [-0.3, -0.25) is 9.48 Å². The molecule has 176 valence electrons. The van der Waals surface area contributed by atoms with Gasteiger partial charge in [0.15, 0.2) is 11.0 Å². The number of benzene rings is 1. The number of amides is 1. The SMILES string of the molecule is CCOc1nn(CC)cc1-c1nnc(SCC(=O)N2CCC(Cc3ccccc3)CC2)n1C. The summed E-state index contributed by atoms with van der Waals surface area (Å²) >= 11 is 1.43. The minimum Gasteiger partial charge on any atom is -0.476 e. The van der Waals surface area contributed by atoms with Crippen LogP contribution in [0.4, 0.5) is 0 Å². The summed E-state index contributed by atoms with van der Waals surface area (Å²) in [6.45, 7) is 6.90. The van der Waals surface area contributed by atoms with Crippen LogP contribution >= 0.6 is 11.8 Å². The van der Waals surface area contributed by atoms with Gasteiger partial charge >= 0.3 is 0 Å². The minimum atomic E-state index is 0.163. The molecule has 1 aliphatic heterocycles. The van der Waals surface area contributed by atoms with E-state index in [0.29, 0.717) is 35.1 Å². The zero-order valence-corrected chi connectivity index (χ0v) is 20.4. The van der Waals surface area contributed by atoms with Gasteiger partial charge in [0.1, 0.15) is 5.56 Å². The molecule has 4 rings (SSSR count). The molecule has 3 aromatic rings. The third kappa shape index (κ3) is 5.58. The van der Waals surface area contributed by atoms with Crippen LogP contribution in [0.25, 0.3) is 11.4 Å². The summed E-state index contributed by atoms with van der Waals surface area (Å²) < 4.78 is 9.41. The smallest absolute Gasteiger partial charge is 0.243 e. The van der Waals surface area contributed by atoms with Crippen molar-refractivity contribution < 1.29 is 9.53 Å². The van der Waals surface area contributed by atoms with Gasteiger partial charge in [0.2, 0.25) is 11.8 Å². The second-order valence-corrected chi connectivity index (χ2v) is 9.25. The Kier molecular flexibility index (Phi) is 7.69. The summed E-state index contributed by atoms with van der Waals surface area (Å²) in [7, 11) is 1.91. The molecule has 33 heavy (non-hydrogen) atoms. The second kappa shape index (κ2) is 10.9. The van der Waals surface area contributed by atoms with E-state index in [-0.39, 0.29) is 5.91 Å². The van der Waals surface area contributed by atoms with E-state index >= 15 is 0 Å². The number of aromatic nitrogens is 5. The first kappa shape index (κ1) is 23.4. The number of hydrogen-bond donors (Lipinski definition) is 0. The summed E-state index contributed by atoms with van der Waals surface area (Å²) in [5, 5.41) is 13.8. The third-order valence-corrected chi connectivity index (χ3v) is 7.07. The van der Waals surface area contributed by atoms with Gasteiger partial charge in [-0.2, -0.15) is 0 Å². The minimum absolute atomic E-state index is 0.163. The van der Waals surface area contributed by atoms with Crippen LogP contribution in [0.2, 0.25) is 0 Å². The number of carbonyl (C=O) groups is 1. The van der Waals surface area contributed by atoms with Crippen molar-refractivity contribution in [3.8, 4) is 17.3 Å². The fourth-order valence-electron chi connectivity index (χ4n) is 4.19. The molecule has 3 heterocycles. The number of piperidine rings is 1. The van der Waals surface area contributed by atoms with Crippen LogP contribution in [0.1, 0.15) is 32.3 Å². The Bertz CT molecular complexity index is 1060. The highest BCUT2D eigenvalue weighted by molar-refractivity contribution is 7.99. The second-order valence-electron chi connectivity index (χ2n) is 8.30. The molecule has 1 fully saturated rings. The highest BCUT2D eigenvalue weighted by atomic mass is 32.2. The Morgan fingerprint density at radius 1 is 1.15 bits per heavy atom. The first-order chi connectivity index (χ1) is 16.1. The Labute approximate surface area is 199 Å². The van der Waals surface area contributed by atoms with Crippen LogP contribution in [0.15, 0.2) is 41.7 Å². The Morgan fingerprint density at radius 3 is 2.61 bits per heavy atom. The maximum atomic E-state index is 12.8. The number of hydrogen-bond acceptors (Lipinski definition) is 6. The Morgan fingerprint density at radius 2 is 1.91 bits per heavy atom. The van der Waals surface area contributed by atoms with Gasteiger partial charge in [0, 0.05) is 32.9 Å². The highest BCUT2D eigenvalue weighted by Gasteiger charge is 2.24. The highest BCUT2D eigenvalue weighted by Crippen LogP contribution is 2.30. The molecule has 0 radical (unpaired) electrons. The largest absolute Gasteiger partial charge is 0.476 e. The lowest BCUT2D eigenvalue weighted by Crippen LogP contribution is -2.39. The number of likely N-dealkylation sites (tertiary alicyclic amines) is 1. The number of ether oxygens (including phenoxy) is 1. The van der Waals surface area contributed by atoms with E-state index in [1.165, 1.54) is 17.3 Å². The van der Waals surface area contributed by atoms with Crippen LogP contribution in [-0.2, 0) is 24.8 Å². The van der Waals surface area contributed by atoms with Crippen LogP contribution in [0, 0.1) is 5.92 Å². The van der Waals surface area contributed by atoms with Crippen LogP contribution in [0.3, 0.4) is 0 Å². The van der Waals surface area contributed by atoms with E-state index in [4.69, 9.17) is 4.74 Å². The quantitative estimate of drug-likeness (QED) is 0.446. The average Bonchev–Trinajstić information content (AvgIpc) is 3.41. The number of aryl methyl sites for hydroxylation is 1. The molecule has 0 saturated carbocycles. The predicted molar refractivity (Wildman–Crippen MR) is 129 cm³/mol. The van der Waals surface area contributed by atoms with Gasteiger partial charge in [-0.15, -0.1) is 15.3 Å². The molecule has 0 bridgehead atoms. The topological polar surface area (TPSA) is 78.1 Å². The van der Waals surface area contributed by atoms with Crippen molar-refractivity contribution in [3.05, 3.63) is 42.1 Å². The molecule has 1 aromatic carbocycles. The van der Waals surface area contributed by atoms with Crippen molar-refractivity contribution in [3.63, 3.8) is 0 Å². The summed E-state index contributed by atoms with van der Waals surface area (Å²) in [5.74, 6) is 2.42. The molecule has 0 aliphatic carbocycles. The Balaban J connectivity index is 1.32. The van der Waals surface area contributed by atoms with Gasteiger partial charge in [0.05, 0.1) is 12.4 Å². The maximum absolute atomic E-state index is 12.8. The molecule has 1 amide bonds. The normalized spacial score (nSPS) is 14.6. The first-order valence-corrected chi connectivity index (χ1v) is 12.6. The maximum Gasteiger partial charge on any atom is 0.243 e. The van der Waals surface area contributed by atoms with E-state index < -0.39 is 0 Å². The average molecular weight is 469 g/mol. The molecule has 1 aliphatic rings. The van der Waals surface area contributed by atoms with Gasteiger partial charge in [-0.05, 0) is 44.6 Å². The molecule has 0 spiro atoms. The zero-order chi connectivity index (χ0) is 23.2. The van der Waals surface area contributed by atoms with Crippen LogP contribution in [-0.4, -0.2) is 60.8 Å². The van der Waals surface area contributed by atoms with E-state index in [2.05, 4.69) is 45.6 Å². The van der Waals surface area contributed by atoms with Gasteiger partial charge in [-0.25, -0.2) is 0 Å². The van der Waals surface area contributed by atoms with Crippen LogP contribution < -0.4 is 4.74 Å². The van der Waals surface area contributed by atoms with Crippen molar-refractivity contribution in [2.45, 2.75) is 44.8 Å². The van der Waals surface area contributed by atoms with E-state index in [1.54, 1.807) is 0 Å². The van der Waals surface area contributed by atoms with Crippen molar-refractivity contribution in [2.24, 2.45) is 13.0 Å². The van der Waals surface area contributed by atoms with Crippen molar-refractivity contribution in [1.82, 2.24) is 29.4 Å². The summed E-state index contributed by atoms with van der Waals surface area (Å²) in [6, 6.07) is 10.6. The zero-order valence-electron chi connectivity index (χ0n) is 19.6. The fraction of sp³-hybridized carbons (Fsp3) is 0.500. The van der Waals surface area contributed by atoms with Crippen molar-refractivity contribution in [2.75, 3.05) is 25.4 Å². The van der Waals surface area contributed by atoms with Crippen LogP contribution in [0.5, 0.6) is 5.88 Å². The number of rotatable bonds is 9. The predicted octanol–water partition coefficient (Wildman–Crippen LogP) is 3.67. The fourth-order valence-corrected chi connectivity index (χ4v) is 5.00. The molecular weight excluding hydrogens is 436 g/mol. The summed E-state index contributed by atoms with van der Waals surface area (Å²) in [6.07, 6.45) is 5.13. The number of thioether (sulfide) groups is 1. The van der Waals surface area contributed by atoms with Gasteiger partial charge in [0.25, 0.3) is 0 Å². The van der Waals surface area contributed by atoms with Crippen molar-refractivity contribution in [1.29, 1.82) is 0 Å². The number of carbonyl (C=O) groups excluding carboxylic acids is 1. The molecule has 1 saturated heterocycles. The lowest BCUT2D eigenvalue weighted by atomic mass is 9.90. The third-order valence-electron chi connectivity index (χ3n) is 6.07. The number of nitrogens with zero attached hydrogens (tertiary/aromatic N) is 6. The monoisotopic (exact) mass is 468 g/mol. The lowest BCUT2D eigenvalue weighted by Gasteiger charge is -2.32. The molecule has 0 N–H and O–H groups in total. The van der Waals surface area contributed by atoms with Gasteiger partial charge in [-0.1, -0.05) is 42.1 Å². The molecule has 8 nitrogen and oxygen atoms in total. The summed E-state index contributed by atoms with van der Waals surface area (Å²) in [5.41, 5.74) is 2.19. The van der Waals surface area contributed by atoms with Crippen molar-refractivity contribution >= 4 is 17.7 Å². The van der Waals surface area contributed by atoms with E-state index in [0.717, 1.165) is 44.5 Å². The standard InChI is InChI=1S/C24H32N6O2S/c1-4-30-16-20(23(27-30)32-5-2)22-25-26-24(28(22)3)33-17-21(31)29-13-11-19(12-14-29)15-18-9-7-6-8-10-18/h6-10,16,19H,4-5,11-15,17H2,1-3H3. The van der Waals surface area contributed by atoms with E-state index in [9.17, 15) is 4.79 Å². The summed E-state index contributed by atoms with van der Waals surface area (Å²) in [4.78, 5) is 14.8. The van der Waals surface area contributed by atoms with Gasteiger partial charge < -0.3 is 14.2 Å². The Hall–Kier alpha value is -2.81. The molecule has 0 atom stereocenters. The molecule has 9 heteroatoms. The molecule has 0 unspecified atom stereocenters. The lowest BCUT2D eigenvalue weighted by molar-refractivity contribution is -0.129. The molecule has 2 aromatic heterocycles. The van der Waals surface area contributed by atoms with E-state index in [1.807, 2.05) is 41.2 Å².